The van der Waals surface area contributed by atoms with Gasteiger partial charge in [0.1, 0.15) is 5.75 Å². The molecule has 4 N–H and O–H groups in total. The second-order valence-corrected chi connectivity index (χ2v) is 5.93. The van der Waals surface area contributed by atoms with Crippen LogP contribution in [0, 0.1) is 0 Å². The summed E-state index contributed by atoms with van der Waals surface area (Å²) in [6, 6.07) is 7.92. The lowest BCUT2D eigenvalue weighted by atomic mass is 9.94. The summed E-state index contributed by atoms with van der Waals surface area (Å²) in [6.07, 6.45) is 4.53. The number of benzene rings is 1. The molecule has 1 atom stereocenters. The van der Waals surface area contributed by atoms with Gasteiger partial charge in [0, 0.05) is 0 Å². The van der Waals surface area contributed by atoms with Crippen molar-refractivity contribution in [2.45, 2.75) is 64.2 Å². The molecule has 1 rings (SSSR count). The van der Waals surface area contributed by atoms with Crippen LogP contribution in [0.1, 0.15) is 51.5 Å². The van der Waals surface area contributed by atoms with E-state index in [0.29, 0.717) is 12.8 Å². The van der Waals surface area contributed by atoms with Crippen LogP contribution in [-0.4, -0.2) is 28.6 Å². The van der Waals surface area contributed by atoms with E-state index in [4.69, 9.17) is 10.5 Å². The average molecular weight is 295 g/mol. The number of nitrogens with two attached hydrogens (primary N) is 1. The lowest BCUT2D eigenvalue weighted by Gasteiger charge is -2.26. The molecular weight excluding hydrogens is 266 g/mol. The first-order valence-corrected chi connectivity index (χ1v) is 7.82. The molecule has 0 spiro atoms. The van der Waals surface area contributed by atoms with Gasteiger partial charge >= 0.3 is 0 Å². The Kier molecular flexibility index (Phi) is 7.72. The topological polar surface area (TPSA) is 75.7 Å². The molecular formula is C17H29NO3. The maximum Gasteiger partial charge on any atom is 0.169 e. The molecule has 4 heteroatoms. The molecule has 4 nitrogen and oxygen atoms in total. The lowest BCUT2D eigenvalue weighted by molar-refractivity contribution is -0.0927. The van der Waals surface area contributed by atoms with Gasteiger partial charge in [-0.1, -0.05) is 38.3 Å². The van der Waals surface area contributed by atoms with E-state index in [1.807, 2.05) is 24.3 Å². The fourth-order valence-corrected chi connectivity index (χ4v) is 2.01. The molecule has 1 unspecified atom stereocenters. The number of rotatable bonds is 10. The summed E-state index contributed by atoms with van der Waals surface area (Å²) in [7, 11) is 0. The first-order chi connectivity index (χ1) is 9.95. The van der Waals surface area contributed by atoms with Crippen molar-refractivity contribution in [1.82, 2.24) is 0 Å². The molecule has 0 radical (unpaired) electrons. The molecule has 120 valence electrons. The van der Waals surface area contributed by atoms with Crippen LogP contribution in [0.5, 0.6) is 5.75 Å². The molecule has 0 saturated heterocycles. The monoisotopic (exact) mass is 295 g/mol. The summed E-state index contributed by atoms with van der Waals surface area (Å²) in [5, 5.41) is 18.3. The first kappa shape index (κ1) is 18.0. The molecule has 0 aromatic heterocycles. The molecule has 0 aliphatic rings. The van der Waals surface area contributed by atoms with Crippen molar-refractivity contribution in [1.29, 1.82) is 0 Å². The van der Waals surface area contributed by atoms with Crippen molar-refractivity contribution in [3.63, 3.8) is 0 Å². The second-order valence-electron chi connectivity index (χ2n) is 5.93. The summed E-state index contributed by atoms with van der Waals surface area (Å²) >= 11 is 0. The first-order valence-electron chi connectivity index (χ1n) is 7.82. The zero-order chi connectivity index (χ0) is 15.7. The molecule has 21 heavy (non-hydrogen) atoms. The Morgan fingerprint density at radius 2 is 1.81 bits per heavy atom. The van der Waals surface area contributed by atoms with E-state index in [-0.39, 0.29) is 0 Å². The number of unbranched alkanes of at least 4 members (excludes halogenated alkanes) is 3. The molecule has 0 aliphatic carbocycles. The Labute approximate surface area is 127 Å². The number of aliphatic hydroxyl groups excluding tert-OH is 1. The van der Waals surface area contributed by atoms with Crippen molar-refractivity contribution in [3.8, 4) is 5.75 Å². The summed E-state index contributed by atoms with van der Waals surface area (Å²) in [5.74, 6) is 0.882. The molecule has 0 amide bonds. The molecule has 0 fully saturated rings. The van der Waals surface area contributed by atoms with Crippen molar-refractivity contribution < 1.29 is 14.9 Å². The van der Waals surface area contributed by atoms with E-state index in [2.05, 4.69) is 6.92 Å². The van der Waals surface area contributed by atoms with Gasteiger partial charge < -0.3 is 20.7 Å². The van der Waals surface area contributed by atoms with Crippen LogP contribution in [0.15, 0.2) is 24.3 Å². The second kappa shape index (κ2) is 9.03. The SMILES string of the molecule is CCCCCCOc1ccc(CCC(C)(N)C(O)O)cc1. The molecule has 0 saturated carbocycles. The Bertz CT molecular complexity index is 388. The van der Waals surface area contributed by atoms with Crippen LogP contribution in [-0.2, 0) is 6.42 Å². The number of aliphatic hydroxyl groups is 2. The fraction of sp³-hybridized carbons (Fsp3) is 0.647. The molecule has 0 aliphatic heterocycles. The third kappa shape index (κ3) is 6.93. The molecule has 1 aromatic rings. The van der Waals surface area contributed by atoms with Crippen LogP contribution in [0.2, 0.25) is 0 Å². The fourth-order valence-electron chi connectivity index (χ4n) is 2.01. The van der Waals surface area contributed by atoms with Gasteiger partial charge in [0.05, 0.1) is 12.1 Å². The largest absolute Gasteiger partial charge is 0.494 e. The van der Waals surface area contributed by atoms with Gasteiger partial charge in [-0.2, -0.15) is 0 Å². The number of ether oxygens (including phenoxy) is 1. The van der Waals surface area contributed by atoms with Crippen LogP contribution in [0.3, 0.4) is 0 Å². The van der Waals surface area contributed by atoms with E-state index in [9.17, 15) is 10.2 Å². The number of hydrogen-bond donors (Lipinski definition) is 3. The minimum atomic E-state index is -1.50. The average Bonchev–Trinajstić information content (AvgIpc) is 2.46. The van der Waals surface area contributed by atoms with E-state index < -0.39 is 11.8 Å². The summed E-state index contributed by atoms with van der Waals surface area (Å²) in [4.78, 5) is 0. The Balaban J connectivity index is 2.33. The highest BCUT2D eigenvalue weighted by atomic mass is 16.5. The lowest BCUT2D eigenvalue weighted by Crippen LogP contribution is -2.48. The molecule has 1 aromatic carbocycles. The summed E-state index contributed by atoms with van der Waals surface area (Å²) < 4.78 is 5.69. The smallest absolute Gasteiger partial charge is 0.169 e. The third-order valence-corrected chi connectivity index (χ3v) is 3.73. The summed E-state index contributed by atoms with van der Waals surface area (Å²) in [6.45, 7) is 4.60. The van der Waals surface area contributed by atoms with Crippen LogP contribution in [0.4, 0.5) is 0 Å². The Morgan fingerprint density at radius 3 is 2.38 bits per heavy atom. The van der Waals surface area contributed by atoms with Crippen molar-refractivity contribution in [2.75, 3.05) is 6.61 Å². The predicted octanol–water partition coefficient (Wildman–Crippen LogP) is 2.61. The third-order valence-electron chi connectivity index (χ3n) is 3.73. The van der Waals surface area contributed by atoms with Crippen molar-refractivity contribution in [3.05, 3.63) is 29.8 Å². The molecule has 0 bridgehead atoms. The summed E-state index contributed by atoms with van der Waals surface area (Å²) in [5.41, 5.74) is 5.96. The van der Waals surface area contributed by atoms with Gasteiger partial charge in [-0.25, -0.2) is 0 Å². The normalized spacial score (nSPS) is 14.2. The Morgan fingerprint density at radius 1 is 1.14 bits per heavy atom. The highest BCUT2D eigenvalue weighted by Gasteiger charge is 2.26. The van der Waals surface area contributed by atoms with Gasteiger partial charge in [-0.05, 0) is 43.9 Å². The molecule has 0 heterocycles. The quantitative estimate of drug-likeness (QED) is 0.458. The number of hydrogen-bond acceptors (Lipinski definition) is 4. The van der Waals surface area contributed by atoms with E-state index >= 15 is 0 Å². The van der Waals surface area contributed by atoms with Crippen LogP contribution < -0.4 is 10.5 Å². The minimum absolute atomic E-state index is 0.516. The minimum Gasteiger partial charge on any atom is -0.494 e. The van der Waals surface area contributed by atoms with Crippen molar-refractivity contribution in [2.24, 2.45) is 5.73 Å². The highest BCUT2D eigenvalue weighted by molar-refractivity contribution is 5.27. The van der Waals surface area contributed by atoms with Gasteiger partial charge in [0.2, 0.25) is 0 Å². The van der Waals surface area contributed by atoms with Crippen molar-refractivity contribution >= 4 is 0 Å². The zero-order valence-electron chi connectivity index (χ0n) is 13.2. The maximum absolute atomic E-state index is 9.17. The Hall–Kier alpha value is -1.10. The number of aryl methyl sites for hydroxylation is 1. The van der Waals surface area contributed by atoms with E-state index in [1.165, 1.54) is 19.3 Å². The van der Waals surface area contributed by atoms with E-state index in [1.54, 1.807) is 6.92 Å². The van der Waals surface area contributed by atoms with E-state index in [0.717, 1.165) is 24.3 Å². The van der Waals surface area contributed by atoms with Crippen LogP contribution >= 0.6 is 0 Å². The van der Waals surface area contributed by atoms with Crippen LogP contribution in [0.25, 0.3) is 0 Å². The maximum atomic E-state index is 9.17. The predicted molar refractivity (Wildman–Crippen MR) is 85.2 cm³/mol. The van der Waals surface area contributed by atoms with Gasteiger partial charge in [0.15, 0.2) is 6.29 Å². The van der Waals surface area contributed by atoms with Gasteiger partial charge in [-0.15, -0.1) is 0 Å². The van der Waals surface area contributed by atoms with Gasteiger partial charge in [0.25, 0.3) is 0 Å². The highest BCUT2D eigenvalue weighted by Crippen LogP contribution is 2.18. The van der Waals surface area contributed by atoms with Gasteiger partial charge in [-0.3, -0.25) is 0 Å². The standard InChI is InChI=1S/C17H29NO3/c1-3-4-5-6-13-21-15-9-7-14(8-10-15)11-12-17(2,18)16(19)20/h7-10,16,19-20H,3-6,11-13,18H2,1-2H3. The zero-order valence-corrected chi connectivity index (χ0v) is 13.2.